The van der Waals surface area contributed by atoms with Crippen LogP contribution in [0.3, 0.4) is 0 Å². The van der Waals surface area contributed by atoms with Gasteiger partial charge in [-0.15, -0.1) is 0 Å². The van der Waals surface area contributed by atoms with Crippen LogP contribution in [0.25, 0.3) is 0 Å². The molecule has 0 bridgehead atoms. The normalized spacial score (nSPS) is 14.6. The van der Waals surface area contributed by atoms with Crippen LogP contribution in [-0.4, -0.2) is 41.3 Å². The quantitative estimate of drug-likeness (QED) is 0.795. The zero-order chi connectivity index (χ0) is 14.5. The molecule has 0 aliphatic carbocycles. The first-order chi connectivity index (χ1) is 9.60. The van der Waals surface area contributed by atoms with Gasteiger partial charge in [-0.2, -0.15) is 0 Å². The number of anilines is 1. The highest BCUT2D eigenvalue weighted by Crippen LogP contribution is 2.13. The number of ether oxygens (including phenoxy) is 1. The summed E-state index contributed by atoms with van der Waals surface area (Å²) in [5.74, 6) is -0.247. The molecule has 0 unspecified atom stereocenters. The van der Waals surface area contributed by atoms with Crippen LogP contribution in [0.4, 0.5) is 5.69 Å². The van der Waals surface area contributed by atoms with E-state index in [2.05, 4.69) is 10.3 Å². The van der Waals surface area contributed by atoms with Gasteiger partial charge in [0.05, 0.1) is 19.0 Å². The smallest absolute Gasteiger partial charge is 0.229 e. The SMILES string of the molecule is COc1ccc(NC(=O)CCN2C(=O)CCC2=O)cn1. The first kappa shape index (κ1) is 14.0. The third kappa shape index (κ3) is 3.31. The van der Waals surface area contributed by atoms with Crippen LogP contribution in [0, 0.1) is 0 Å². The monoisotopic (exact) mass is 277 g/mol. The standard InChI is InChI=1S/C13H15N3O4/c1-20-11-3-2-9(8-14-11)15-10(17)6-7-16-12(18)4-5-13(16)19/h2-3,8H,4-7H2,1H3,(H,15,17). The summed E-state index contributed by atoms with van der Waals surface area (Å²) in [6.45, 7) is 0.118. The molecule has 2 rings (SSSR count). The fourth-order valence-corrected chi connectivity index (χ4v) is 1.88. The van der Waals surface area contributed by atoms with E-state index in [-0.39, 0.29) is 43.5 Å². The number of nitrogens with one attached hydrogen (secondary N) is 1. The van der Waals surface area contributed by atoms with Gasteiger partial charge in [0.15, 0.2) is 0 Å². The van der Waals surface area contributed by atoms with Crippen molar-refractivity contribution in [1.29, 1.82) is 0 Å². The van der Waals surface area contributed by atoms with E-state index in [1.54, 1.807) is 12.1 Å². The molecule has 20 heavy (non-hydrogen) atoms. The van der Waals surface area contributed by atoms with E-state index in [4.69, 9.17) is 4.74 Å². The van der Waals surface area contributed by atoms with Gasteiger partial charge >= 0.3 is 0 Å². The van der Waals surface area contributed by atoms with E-state index < -0.39 is 0 Å². The van der Waals surface area contributed by atoms with Gasteiger partial charge in [-0.1, -0.05) is 0 Å². The number of methoxy groups -OCH3 is 1. The first-order valence-corrected chi connectivity index (χ1v) is 6.23. The van der Waals surface area contributed by atoms with Gasteiger partial charge < -0.3 is 10.1 Å². The first-order valence-electron chi connectivity index (χ1n) is 6.23. The predicted molar refractivity (Wildman–Crippen MR) is 70.0 cm³/mol. The molecule has 1 N–H and O–H groups in total. The lowest BCUT2D eigenvalue weighted by molar-refractivity contribution is -0.138. The largest absolute Gasteiger partial charge is 0.481 e. The van der Waals surface area contributed by atoms with Crippen molar-refractivity contribution in [3.05, 3.63) is 18.3 Å². The lowest BCUT2D eigenvalue weighted by atomic mass is 10.3. The van der Waals surface area contributed by atoms with Gasteiger partial charge in [-0.05, 0) is 6.07 Å². The van der Waals surface area contributed by atoms with Crippen LogP contribution < -0.4 is 10.1 Å². The Labute approximate surface area is 115 Å². The zero-order valence-electron chi connectivity index (χ0n) is 11.1. The fraction of sp³-hybridized carbons (Fsp3) is 0.385. The van der Waals surface area contributed by atoms with E-state index in [0.29, 0.717) is 11.6 Å². The molecule has 0 atom stereocenters. The Bertz CT molecular complexity index is 511. The minimum absolute atomic E-state index is 0.0729. The predicted octanol–water partition coefficient (Wildman–Crippen LogP) is 0.568. The molecule has 1 fully saturated rings. The molecule has 1 aromatic heterocycles. The molecule has 1 aliphatic heterocycles. The highest BCUT2D eigenvalue weighted by atomic mass is 16.5. The third-order valence-electron chi connectivity index (χ3n) is 2.95. The number of carbonyl (C=O) groups excluding carboxylic acids is 3. The lowest BCUT2D eigenvalue weighted by Crippen LogP contribution is -2.32. The number of carbonyl (C=O) groups is 3. The highest BCUT2D eigenvalue weighted by molar-refractivity contribution is 6.02. The minimum atomic E-state index is -0.274. The van der Waals surface area contributed by atoms with Gasteiger partial charge in [-0.3, -0.25) is 19.3 Å². The Morgan fingerprint density at radius 1 is 1.35 bits per heavy atom. The van der Waals surface area contributed by atoms with Crippen molar-refractivity contribution in [1.82, 2.24) is 9.88 Å². The molecular formula is C13H15N3O4. The van der Waals surface area contributed by atoms with Gasteiger partial charge in [0, 0.05) is 31.9 Å². The molecule has 0 spiro atoms. The zero-order valence-corrected chi connectivity index (χ0v) is 11.1. The maximum Gasteiger partial charge on any atom is 0.229 e. The molecule has 1 aromatic rings. The van der Waals surface area contributed by atoms with Crippen LogP contribution in [0.2, 0.25) is 0 Å². The summed E-state index contributed by atoms with van der Waals surface area (Å²) in [5.41, 5.74) is 0.537. The molecule has 1 saturated heterocycles. The number of aromatic nitrogens is 1. The number of rotatable bonds is 5. The molecule has 3 amide bonds. The van der Waals surface area contributed by atoms with E-state index >= 15 is 0 Å². The number of hydrogen-bond donors (Lipinski definition) is 1. The Kier molecular flexibility index (Phi) is 4.29. The average Bonchev–Trinajstić information content (AvgIpc) is 2.77. The van der Waals surface area contributed by atoms with Crippen LogP contribution in [-0.2, 0) is 14.4 Å². The maximum absolute atomic E-state index is 11.7. The molecule has 106 valence electrons. The summed E-state index contributed by atoms with van der Waals surface area (Å²) in [7, 11) is 1.50. The molecule has 7 heteroatoms. The second kappa shape index (κ2) is 6.14. The number of likely N-dealkylation sites (tertiary alicyclic amines) is 1. The van der Waals surface area contributed by atoms with Crippen molar-refractivity contribution in [2.75, 3.05) is 19.0 Å². The van der Waals surface area contributed by atoms with Gasteiger partial charge in [0.2, 0.25) is 23.6 Å². The van der Waals surface area contributed by atoms with Crippen molar-refractivity contribution in [3.8, 4) is 5.88 Å². The number of amides is 3. The Hall–Kier alpha value is -2.44. The van der Waals surface area contributed by atoms with E-state index in [1.165, 1.54) is 13.3 Å². The Morgan fingerprint density at radius 2 is 2.05 bits per heavy atom. The second-order valence-corrected chi connectivity index (χ2v) is 4.33. The van der Waals surface area contributed by atoms with Gasteiger partial charge in [0.25, 0.3) is 0 Å². The van der Waals surface area contributed by atoms with Crippen molar-refractivity contribution in [2.24, 2.45) is 0 Å². The second-order valence-electron chi connectivity index (χ2n) is 4.33. The van der Waals surface area contributed by atoms with Crippen LogP contribution in [0.5, 0.6) is 5.88 Å². The fourth-order valence-electron chi connectivity index (χ4n) is 1.88. The van der Waals surface area contributed by atoms with E-state index in [0.717, 1.165) is 4.90 Å². The van der Waals surface area contributed by atoms with Crippen LogP contribution in [0.1, 0.15) is 19.3 Å². The van der Waals surface area contributed by atoms with Crippen LogP contribution in [0.15, 0.2) is 18.3 Å². The molecule has 7 nitrogen and oxygen atoms in total. The van der Waals surface area contributed by atoms with Crippen molar-refractivity contribution < 1.29 is 19.1 Å². The van der Waals surface area contributed by atoms with E-state index in [1.807, 2.05) is 0 Å². The molecule has 1 aliphatic rings. The number of imide groups is 1. The molecule has 0 radical (unpaired) electrons. The summed E-state index contributed by atoms with van der Waals surface area (Å²) < 4.78 is 4.91. The molecule has 0 saturated carbocycles. The summed E-state index contributed by atoms with van der Waals surface area (Å²) in [5, 5.41) is 2.64. The summed E-state index contributed by atoms with van der Waals surface area (Å²) in [6.07, 6.45) is 2.03. The summed E-state index contributed by atoms with van der Waals surface area (Å²) in [6, 6.07) is 3.29. The van der Waals surface area contributed by atoms with E-state index in [9.17, 15) is 14.4 Å². The average molecular weight is 277 g/mol. The van der Waals surface area contributed by atoms with Crippen molar-refractivity contribution >= 4 is 23.4 Å². The number of pyridine rings is 1. The van der Waals surface area contributed by atoms with Gasteiger partial charge in [-0.25, -0.2) is 4.98 Å². The summed E-state index contributed by atoms with van der Waals surface area (Å²) in [4.78, 5) is 39.6. The van der Waals surface area contributed by atoms with Crippen molar-refractivity contribution in [2.45, 2.75) is 19.3 Å². The molecular weight excluding hydrogens is 262 g/mol. The number of hydrogen-bond acceptors (Lipinski definition) is 5. The Balaban J connectivity index is 1.83. The third-order valence-corrected chi connectivity index (χ3v) is 2.95. The van der Waals surface area contributed by atoms with Gasteiger partial charge in [0.1, 0.15) is 0 Å². The molecule has 0 aromatic carbocycles. The maximum atomic E-state index is 11.7. The minimum Gasteiger partial charge on any atom is -0.481 e. The highest BCUT2D eigenvalue weighted by Gasteiger charge is 2.28. The number of nitrogens with zero attached hydrogens (tertiary/aromatic N) is 2. The van der Waals surface area contributed by atoms with Crippen LogP contribution >= 0.6 is 0 Å². The molecule has 2 heterocycles. The topological polar surface area (TPSA) is 88.6 Å². The Morgan fingerprint density at radius 3 is 2.60 bits per heavy atom. The van der Waals surface area contributed by atoms with Crippen molar-refractivity contribution in [3.63, 3.8) is 0 Å². The lowest BCUT2D eigenvalue weighted by Gasteiger charge is -2.13. The summed E-state index contributed by atoms with van der Waals surface area (Å²) >= 11 is 0.